The Bertz CT molecular complexity index is 1230. The second kappa shape index (κ2) is 9.06. The number of benzene rings is 1. The van der Waals surface area contributed by atoms with Crippen molar-refractivity contribution < 1.29 is 32.3 Å². The van der Waals surface area contributed by atoms with Crippen LogP contribution in [0.4, 0.5) is 5.00 Å². The van der Waals surface area contributed by atoms with Gasteiger partial charge < -0.3 is 10.1 Å². The van der Waals surface area contributed by atoms with Crippen molar-refractivity contribution in [3.05, 3.63) is 51.4 Å². The molecule has 2 aromatic rings. The van der Waals surface area contributed by atoms with Crippen LogP contribution < -0.4 is 5.32 Å². The molecule has 1 aromatic carbocycles. The third-order valence-corrected chi connectivity index (χ3v) is 8.41. The molecule has 33 heavy (non-hydrogen) atoms. The van der Waals surface area contributed by atoms with Crippen molar-refractivity contribution in [3.63, 3.8) is 0 Å². The average molecular weight is 491 g/mol. The number of hydrogen-bond donors (Lipinski definition) is 1. The van der Waals surface area contributed by atoms with Crippen LogP contribution in [0.5, 0.6) is 0 Å². The fourth-order valence-electron chi connectivity index (χ4n) is 3.85. The number of sulfone groups is 1. The van der Waals surface area contributed by atoms with Gasteiger partial charge in [-0.2, -0.15) is 0 Å². The van der Waals surface area contributed by atoms with Crippen molar-refractivity contribution in [1.29, 1.82) is 0 Å². The topological polar surface area (TPSA) is 127 Å². The smallest absolute Gasteiger partial charge is 0.341 e. The van der Waals surface area contributed by atoms with Crippen molar-refractivity contribution in [2.75, 3.05) is 17.7 Å². The van der Waals surface area contributed by atoms with Gasteiger partial charge in [0.2, 0.25) is 11.8 Å². The summed E-state index contributed by atoms with van der Waals surface area (Å²) in [6, 6.07) is 6.45. The lowest BCUT2D eigenvalue weighted by molar-refractivity contribution is -0.139. The molecule has 1 aromatic heterocycles. The van der Waals surface area contributed by atoms with Gasteiger partial charge in [0.25, 0.3) is 5.91 Å². The molecule has 174 valence electrons. The Hall–Kier alpha value is -3.05. The van der Waals surface area contributed by atoms with E-state index in [1.807, 2.05) is 0 Å². The average Bonchev–Trinajstić information content (AvgIpc) is 3.27. The van der Waals surface area contributed by atoms with Gasteiger partial charge in [-0.1, -0.05) is 12.1 Å². The normalized spacial score (nSPS) is 17.1. The lowest BCUT2D eigenvalue weighted by Crippen LogP contribution is -2.28. The van der Waals surface area contributed by atoms with E-state index in [2.05, 4.69) is 5.32 Å². The zero-order valence-corrected chi connectivity index (χ0v) is 19.5. The first-order valence-electron chi connectivity index (χ1n) is 10.4. The number of thiophene rings is 1. The number of amides is 3. The van der Waals surface area contributed by atoms with E-state index in [-0.39, 0.29) is 66.3 Å². The SMILES string of the molecule is CCOC(=O)c1c(NC(=O)c2ccc(CN3C(=O)CCC3=O)cc2)sc2c1CCS(=O)(=O)C2. The summed E-state index contributed by atoms with van der Waals surface area (Å²) in [5.41, 5.74) is 1.84. The molecule has 1 saturated heterocycles. The van der Waals surface area contributed by atoms with Crippen LogP contribution in [0.3, 0.4) is 0 Å². The summed E-state index contributed by atoms with van der Waals surface area (Å²) in [5, 5.41) is 2.98. The molecule has 1 fully saturated rings. The van der Waals surface area contributed by atoms with Gasteiger partial charge in [-0.05, 0) is 36.6 Å². The van der Waals surface area contributed by atoms with Crippen molar-refractivity contribution in [1.82, 2.24) is 4.90 Å². The summed E-state index contributed by atoms with van der Waals surface area (Å²) < 4.78 is 29.2. The van der Waals surface area contributed by atoms with E-state index in [4.69, 9.17) is 4.74 Å². The van der Waals surface area contributed by atoms with Crippen LogP contribution in [0, 0.1) is 0 Å². The molecule has 11 heteroatoms. The number of rotatable bonds is 6. The summed E-state index contributed by atoms with van der Waals surface area (Å²) >= 11 is 1.07. The van der Waals surface area contributed by atoms with Gasteiger partial charge in [-0.15, -0.1) is 11.3 Å². The van der Waals surface area contributed by atoms with E-state index in [0.717, 1.165) is 11.3 Å². The molecule has 9 nitrogen and oxygen atoms in total. The fraction of sp³-hybridized carbons (Fsp3) is 0.364. The maximum absolute atomic E-state index is 12.9. The molecule has 2 aliphatic heterocycles. The number of nitrogens with zero attached hydrogens (tertiary/aromatic N) is 1. The summed E-state index contributed by atoms with van der Waals surface area (Å²) in [6.45, 7) is 1.97. The highest BCUT2D eigenvalue weighted by atomic mass is 32.2. The standard InChI is InChI=1S/C22H22N2O7S2/c1-2-31-22(28)19-15-9-10-33(29,30)12-16(15)32-21(19)23-20(27)14-5-3-13(4-6-14)11-24-17(25)7-8-18(24)26/h3-6H,2,7-12H2,1H3,(H,23,27). The highest BCUT2D eigenvalue weighted by molar-refractivity contribution is 7.90. The number of hydrogen-bond acceptors (Lipinski definition) is 8. The molecule has 2 aliphatic rings. The minimum absolute atomic E-state index is 0.0555. The molecular weight excluding hydrogens is 468 g/mol. The predicted molar refractivity (Wildman–Crippen MR) is 121 cm³/mol. The molecule has 0 atom stereocenters. The summed E-state index contributed by atoms with van der Waals surface area (Å²) in [7, 11) is -3.25. The minimum Gasteiger partial charge on any atom is -0.462 e. The molecule has 0 radical (unpaired) electrons. The molecule has 4 rings (SSSR count). The van der Waals surface area contributed by atoms with Crippen molar-refractivity contribution >= 4 is 49.9 Å². The van der Waals surface area contributed by atoms with E-state index in [9.17, 15) is 27.6 Å². The monoisotopic (exact) mass is 490 g/mol. The summed E-state index contributed by atoms with van der Waals surface area (Å²) in [6.07, 6.45) is 0.628. The molecule has 1 N–H and O–H groups in total. The molecule has 0 saturated carbocycles. The van der Waals surface area contributed by atoms with E-state index < -0.39 is 21.7 Å². The largest absolute Gasteiger partial charge is 0.462 e. The first-order chi connectivity index (χ1) is 15.7. The quantitative estimate of drug-likeness (QED) is 0.486. The number of fused-ring (bicyclic) bond motifs is 1. The molecule has 0 spiro atoms. The highest BCUT2D eigenvalue weighted by Gasteiger charge is 2.32. The maximum Gasteiger partial charge on any atom is 0.341 e. The Morgan fingerprint density at radius 2 is 1.76 bits per heavy atom. The number of carbonyl (C=O) groups excluding carboxylic acids is 4. The maximum atomic E-state index is 12.9. The number of imide groups is 1. The zero-order chi connectivity index (χ0) is 23.8. The molecule has 0 aliphatic carbocycles. The Balaban J connectivity index is 1.54. The van der Waals surface area contributed by atoms with Gasteiger partial charge in [-0.3, -0.25) is 19.3 Å². The van der Waals surface area contributed by atoms with Crippen LogP contribution in [0.1, 0.15) is 56.5 Å². The van der Waals surface area contributed by atoms with Gasteiger partial charge in [-0.25, -0.2) is 13.2 Å². The summed E-state index contributed by atoms with van der Waals surface area (Å²) in [4.78, 5) is 50.7. The third-order valence-electron chi connectivity index (χ3n) is 5.52. The first kappa shape index (κ1) is 23.1. The van der Waals surface area contributed by atoms with Crippen LogP contribution in [0.25, 0.3) is 0 Å². The number of esters is 1. The zero-order valence-electron chi connectivity index (χ0n) is 17.9. The van der Waals surface area contributed by atoms with Crippen LogP contribution in [-0.2, 0) is 42.9 Å². The Kier molecular flexibility index (Phi) is 6.35. The predicted octanol–water partition coefficient (Wildman–Crippen LogP) is 2.30. The van der Waals surface area contributed by atoms with Crippen LogP contribution >= 0.6 is 11.3 Å². The molecule has 0 bridgehead atoms. The molecule has 3 heterocycles. The van der Waals surface area contributed by atoms with Gasteiger partial charge in [0.1, 0.15) is 5.00 Å². The van der Waals surface area contributed by atoms with E-state index in [1.54, 1.807) is 31.2 Å². The van der Waals surface area contributed by atoms with Crippen LogP contribution in [-0.4, -0.2) is 49.4 Å². The number of carbonyl (C=O) groups is 4. The second-order valence-electron chi connectivity index (χ2n) is 7.80. The van der Waals surface area contributed by atoms with Crippen molar-refractivity contribution in [2.45, 2.75) is 38.5 Å². The number of ether oxygens (including phenoxy) is 1. The third kappa shape index (κ3) is 4.83. The van der Waals surface area contributed by atoms with Gasteiger partial charge in [0, 0.05) is 23.3 Å². The van der Waals surface area contributed by atoms with Gasteiger partial charge >= 0.3 is 5.97 Å². The molecule has 0 unspecified atom stereocenters. The van der Waals surface area contributed by atoms with Crippen LogP contribution in [0.15, 0.2) is 24.3 Å². The molecular formula is C22H22N2O7S2. The lowest BCUT2D eigenvalue weighted by Gasteiger charge is -2.14. The first-order valence-corrected chi connectivity index (χ1v) is 13.1. The number of nitrogens with one attached hydrogen (secondary N) is 1. The van der Waals surface area contributed by atoms with Gasteiger partial charge in [0.05, 0.1) is 30.2 Å². The fourth-order valence-corrected chi connectivity index (χ4v) is 6.88. The van der Waals surface area contributed by atoms with E-state index >= 15 is 0 Å². The Morgan fingerprint density at radius 3 is 2.39 bits per heavy atom. The Labute approximate surface area is 194 Å². The van der Waals surface area contributed by atoms with E-state index in [0.29, 0.717) is 21.6 Å². The van der Waals surface area contributed by atoms with Gasteiger partial charge in [0.15, 0.2) is 9.84 Å². The van der Waals surface area contributed by atoms with Crippen LogP contribution in [0.2, 0.25) is 0 Å². The van der Waals surface area contributed by atoms with Crippen molar-refractivity contribution in [3.8, 4) is 0 Å². The Morgan fingerprint density at radius 1 is 1.09 bits per heavy atom. The van der Waals surface area contributed by atoms with E-state index in [1.165, 1.54) is 4.90 Å². The summed E-state index contributed by atoms with van der Waals surface area (Å²) in [5.74, 6) is -1.71. The number of anilines is 1. The minimum atomic E-state index is -3.25. The molecule has 3 amide bonds. The second-order valence-corrected chi connectivity index (χ2v) is 11.1. The number of likely N-dealkylation sites (tertiary alicyclic amines) is 1. The lowest BCUT2D eigenvalue weighted by atomic mass is 10.1. The van der Waals surface area contributed by atoms with Crippen molar-refractivity contribution in [2.24, 2.45) is 0 Å². The highest BCUT2D eigenvalue weighted by Crippen LogP contribution is 2.38.